The molecule has 0 aliphatic carbocycles. The highest BCUT2D eigenvalue weighted by atomic mass is 79.9. The topological polar surface area (TPSA) is 100 Å². The van der Waals surface area contributed by atoms with Gasteiger partial charge in [-0.1, -0.05) is 28.1 Å². The highest BCUT2D eigenvalue weighted by molar-refractivity contribution is 9.10. The minimum atomic E-state index is -1.05. The number of aromatic hydroxyl groups is 1. The van der Waals surface area contributed by atoms with Gasteiger partial charge in [0.25, 0.3) is 5.91 Å². The number of aliphatic hydroxyl groups is 1. The van der Waals surface area contributed by atoms with Gasteiger partial charge in [0.15, 0.2) is 0 Å². The number of nitrogens with zero attached hydrogens (tertiary/aromatic N) is 3. The number of phenols is 1. The van der Waals surface area contributed by atoms with E-state index in [9.17, 15) is 14.7 Å². The van der Waals surface area contributed by atoms with Crippen LogP contribution in [0.15, 0.2) is 46.9 Å². The number of aromatic nitrogens is 1. The number of nitrogens with one attached hydrogen (secondary N) is 1. The molecule has 1 saturated heterocycles. The lowest BCUT2D eigenvalue weighted by atomic mass is 9.81. The van der Waals surface area contributed by atoms with Crippen LogP contribution in [0.25, 0.3) is 10.9 Å². The summed E-state index contributed by atoms with van der Waals surface area (Å²) in [6, 6.07) is 12.0. The largest absolute Gasteiger partial charge is 0.508 e. The summed E-state index contributed by atoms with van der Waals surface area (Å²) in [5.74, 6) is -0.0932. The predicted octanol–water partition coefficient (Wildman–Crippen LogP) is 3.62. The summed E-state index contributed by atoms with van der Waals surface area (Å²) in [5, 5.41) is 20.4. The second-order valence-corrected chi connectivity index (χ2v) is 10.6. The van der Waals surface area contributed by atoms with Crippen molar-refractivity contribution in [3.63, 3.8) is 0 Å². The number of amides is 3. The van der Waals surface area contributed by atoms with E-state index >= 15 is 0 Å². The Morgan fingerprint density at radius 1 is 1.20 bits per heavy atom. The molecule has 8 nitrogen and oxygen atoms in total. The van der Waals surface area contributed by atoms with E-state index in [2.05, 4.69) is 20.9 Å². The van der Waals surface area contributed by atoms with Gasteiger partial charge in [-0.3, -0.25) is 14.6 Å². The van der Waals surface area contributed by atoms with Gasteiger partial charge in [-0.25, -0.2) is 4.79 Å². The summed E-state index contributed by atoms with van der Waals surface area (Å²) in [5.41, 5.74) is 2.52. The van der Waals surface area contributed by atoms with Crippen molar-refractivity contribution in [2.45, 2.75) is 31.3 Å². The Morgan fingerprint density at radius 3 is 2.74 bits per heavy atom. The van der Waals surface area contributed by atoms with Crippen LogP contribution >= 0.6 is 15.9 Å². The molecular weight excluding hydrogens is 512 g/mol. The monoisotopic (exact) mass is 540 g/mol. The number of phenolic OH excluding ortho intramolecular Hbond substituents is 1. The van der Waals surface area contributed by atoms with Gasteiger partial charge in [0.2, 0.25) is 0 Å². The molecule has 3 aromatic rings. The number of hydrogen-bond donors (Lipinski definition) is 3. The number of halogens is 1. The van der Waals surface area contributed by atoms with Crippen LogP contribution in [-0.4, -0.2) is 80.7 Å². The number of imide groups is 1. The fraction of sp³-hybridized carbons (Fsp3) is 0.385. The Morgan fingerprint density at radius 2 is 2.00 bits per heavy atom. The van der Waals surface area contributed by atoms with Crippen LogP contribution in [0.3, 0.4) is 0 Å². The van der Waals surface area contributed by atoms with Gasteiger partial charge in [-0.15, -0.1) is 0 Å². The van der Waals surface area contributed by atoms with E-state index in [1.165, 1.54) is 4.90 Å². The first-order valence-corrected chi connectivity index (χ1v) is 12.6. The van der Waals surface area contributed by atoms with Crippen molar-refractivity contribution >= 4 is 38.8 Å². The van der Waals surface area contributed by atoms with Crippen LogP contribution in [0.4, 0.5) is 4.79 Å². The van der Waals surface area contributed by atoms with Gasteiger partial charge >= 0.3 is 6.03 Å². The maximum absolute atomic E-state index is 13.8. The lowest BCUT2D eigenvalue weighted by Gasteiger charge is -2.42. The summed E-state index contributed by atoms with van der Waals surface area (Å²) in [6.07, 6.45) is 1.02. The first-order valence-electron chi connectivity index (χ1n) is 11.8. The highest BCUT2D eigenvalue weighted by Gasteiger charge is 2.60. The number of benzene rings is 2. The quantitative estimate of drug-likeness (QED) is 0.397. The van der Waals surface area contributed by atoms with E-state index in [0.717, 1.165) is 32.2 Å². The van der Waals surface area contributed by atoms with E-state index < -0.39 is 11.6 Å². The van der Waals surface area contributed by atoms with E-state index in [1.54, 1.807) is 23.1 Å². The van der Waals surface area contributed by atoms with Crippen LogP contribution in [0.5, 0.6) is 5.75 Å². The molecule has 2 aliphatic rings. The molecule has 0 radical (unpaired) electrons. The van der Waals surface area contributed by atoms with Crippen LogP contribution in [-0.2, 0) is 11.2 Å². The van der Waals surface area contributed by atoms with Gasteiger partial charge in [-0.2, -0.15) is 0 Å². The summed E-state index contributed by atoms with van der Waals surface area (Å²) in [6.45, 7) is 3.44. The Balaban J connectivity index is 1.58. The molecule has 1 aromatic heterocycles. The Kier molecular flexibility index (Phi) is 6.11. The number of aromatic amines is 1. The molecule has 3 N–H and O–H groups in total. The Hall–Kier alpha value is -2.88. The first-order chi connectivity index (χ1) is 16.7. The average Bonchev–Trinajstić information content (AvgIpc) is 3.25. The molecule has 5 rings (SSSR count). The van der Waals surface area contributed by atoms with Crippen molar-refractivity contribution in [2.24, 2.45) is 0 Å². The number of rotatable bonds is 7. The zero-order valence-corrected chi connectivity index (χ0v) is 21.4. The van der Waals surface area contributed by atoms with E-state index in [-0.39, 0.29) is 24.3 Å². The van der Waals surface area contributed by atoms with Crippen molar-refractivity contribution < 1.29 is 19.8 Å². The minimum absolute atomic E-state index is 0.0668. The van der Waals surface area contributed by atoms with Crippen LogP contribution in [0.2, 0.25) is 0 Å². The number of H-pyrrole nitrogens is 1. The van der Waals surface area contributed by atoms with Crippen molar-refractivity contribution in [1.29, 1.82) is 0 Å². The van der Waals surface area contributed by atoms with Crippen molar-refractivity contribution in [3.8, 4) is 5.75 Å². The molecule has 35 heavy (non-hydrogen) atoms. The molecule has 1 fully saturated rings. The standard InChI is InChI=1S/C26H29BrN4O4/c1-26-15-20-19-14-17(27)7-8-21(19)28-22(20)23(16-5-3-6-18(33)13-16)31(26)25(35)30(24(26)34)10-4-9-29(2)11-12-32/h3,5-8,13-14,23,28,32-33H,4,9-12,15H2,1-2H3/t23?,26-/m0/s1. The third-order valence-corrected chi connectivity index (χ3v) is 7.71. The third kappa shape index (κ3) is 3.91. The second-order valence-electron chi connectivity index (χ2n) is 9.65. The van der Waals surface area contributed by atoms with Crippen LogP contribution in [0.1, 0.15) is 36.2 Å². The van der Waals surface area contributed by atoms with Gasteiger partial charge in [0.1, 0.15) is 17.3 Å². The maximum atomic E-state index is 13.8. The van der Waals surface area contributed by atoms with Gasteiger partial charge < -0.3 is 20.1 Å². The van der Waals surface area contributed by atoms with E-state index in [0.29, 0.717) is 32.5 Å². The van der Waals surface area contributed by atoms with Gasteiger partial charge in [0, 0.05) is 40.6 Å². The molecule has 9 heteroatoms. The summed E-state index contributed by atoms with van der Waals surface area (Å²) >= 11 is 3.56. The van der Waals surface area contributed by atoms with E-state index in [1.807, 2.05) is 43.1 Å². The molecule has 1 unspecified atom stereocenters. The molecule has 2 atom stereocenters. The van der Waals surface area contributed by atoms with E-state index in [4.69, 9.17) is 5.11 Å². The smallest absolute Gasteiger partial charge is 0.328 e. The zero-order chi connectivity index (χ0) is 24.9. The SMILES string of the molecule is CN(CCO)CCCN1C(=O)N2C(c3cccc(O)c3)c3[nH]c4ccc(Br)cc4c3C[C@@]2(C)C1=O. The normalized spacial score (nSPS) is 21.8. The first kappa shape index (κ1) is 23.8. The molecule has 0 bridgehead atoms. The van der Waals surface area contributed by atoms with Crippen molar-refractivity contribution in [3.05, 3.63) is 63.8 Å². The molecule has 2 aromatic carbocycles. The second kappa shape index (κ2) is 8.96. The Labute approximate surface area is 212 Å². The predicted molar refractivity (Wildman–Crippen MR) is 136 cm³/mol. The van der Waals surface area contributed by atoms with Gasteiger partial charge in [-0.05, 0) is 68.4 Å². The summed E-state index contributed by atoms with van der Waals surface area (Å²) < 4.78 is 0.940. The zero-order valence-electron chi connectivity index (χ0n) is 19.8. The number of likely N-dealkylation sites (N-methyl/N-ethyl adjacent to an activating group) is 1. The highest BCUT2D eigenvalue weighted by Crippen LogP contribution is 2.49. The number of carbonyl (C=O) groups excluding carboxylic acids is 2. The summed E-state index contributed by atoms with van der Waals surface area (Å²) in [7, 11) is 1.90. The molecule has 0 saturated carbocycles. The molecule has 0 spiro atoms. The number of carbonyl (C=O) groups is 2. The minimum Gasteiger partial charge on any atom is -0.508 e. The molecule has 184 valence electrons. The number of aliphatic hydroxyl groups excluding tert-OH is 1. The molecule has 2 aliphatic heterocycles. The van der Waals surface area contributed by atoms with Crippen LogP contribution in [0, 0.1) is 0 Å². The lowest BCUT2D eigenvalue weighted by Crippen LogP contribution is -2.53. The maximum Gasteiger partial charge on any atom is 0.328 e. The number of fused-ring (bicyclic) bond motifs is 4. The third-order valence-electron chi connectivity index (χ3n) is 7.22. The van der Waals surface area contributed by atoms with Crippen molar-refractivity contribution in [1.82, 2.24) is 19.7 Å². The molecular formula is C26H29BrN4O4. The Bertz CT molecular complexity index is 1310. The van der Waals surface area contributed by atoms with Crippen LogP contribution < -0.4 is 0 Å². The van der Waals surface area contributed by atoms with Crippen molar-refractivity contribution in [2.75, 3.05) is 33.3 Å². The summed E-state index contributed by atoms with van der Waals surface area (Å²) in [4.78, 5) is 36.1. The number of hydrogen-bond acceptors (Lipinski definition) is 5. The van der Waals surface area contributed by atoms with Gasteiger partial charge in [0.05, 0.1) is 6.61 Å². The number of urea groups is 1. The lowest BCUT2D eigenvalue weighted by molar-refractivity contribution is -0.133. The molecule has 3 amide bonds. The molecule has 3 heterocycles. The fourth-order valence-corrected chi connectivity index (χ4v) is 5.87. The average molecular weight is 541 g/mol. The fourth-order valence-electron chi connectivity index (χ4n) is 5.50.